The maximum absolute atomic E-state index is 12.6. The van der Waals surface area contributed by atoms with Crippen LogP contribution in [0.1, 0.15) is 150 Å². The summed E-state index contributed by atoms with van der Waals surface area (Å²) in [6.07, 6.45) is 22.2. The van der Waals surface area contributed by atoms with Crippen molar-refractivity contribution >= 4 is 11.9 Å². The van der Waals surface area contributed by atoms with E-state index >= 15 is 0 Å². The lowest BCUT2D eigenvalue weighted by Gasteiger charge is -2.18. The van der Waals surface area contributed by atoms with E-state index in [1.54, 1.807) is 12.1 Å². The second-order valence-electron chi connectivity index (χ2n) is 9.41. The van der Waals surface area contributed by atoms with Gasteiger partial charge >= 0.3 is 11.9 Å². The Bertz CT molecular complexity index is 640. The van der Waals surface area contributed by atoms with E-state index in [0.29, 0.717) is 0 Å². The predicted molar refractivity (Wildman–Crippen MR) is 137 cm³/mol. The summed E-state index contributed by atoms with van der Waals surface area (Å²) in [6, 6.07) is 6.30. The van der Waals surface area contributed by atoms with Crippen LogP contribution < -0.4 is 0 Å². The average Bonchev–Trinajstić information content (AvgIpc) is 2.82. The van der Waals surface area contributed by atoms with E-state index in [2.05, 4.69) is 13.8 Å². The van der Waals surface area contributed by atoms with Gasteiger partial charge in [-0.2, -0.15) is 0 Å². The molecule has 0 saturated heterocycles. The highest BCUT2D eigenvalue weighted by Gasteiger charge is 2.20. The highest BCUT2D eigenvalue weighted by Crippen LogP contribution is 2.19. The Hall–Kier alpha value is -1.84. The number of benzene rings is 1. The van der Waals surface area contributed by atoms with Gasteiger partial charge in [-0.3, -0.25) is 0 Å². The van der Waals surface area contributed by atoms with Crippen molar-refractivity contribution in [3.05, 3.63) is 35.4 Å². The fraction of sp³-hybridized carbons (Fsp3) is 0.724. The van der Waals surface area contributed by atoms with Gasteiger partial charge in [0.2, 0.25) is 0 Å². The van der Waals surface area contributed by atoms with E-state index in [4.69, 9.17) is 4.74 Å². The maximum Gasteiger partial charge on any atom is 0.339 e. The second-order valence-corrected chi connectivity index (χ2v) is 9.41. The van der Waals surface area contributed by atoms with Crippen LogP contribution in [0.25, 0.3) is 0 Å². The smallest absolute Gasteiger partial charge is 0.339 e. The fourth-order valence-corrected chi connectivity index (χ4v) is 4.32. The maximum atomic E-state index is 12.6. The molecule has 1 aromatic carbocycles. The van der Waals surface area contributed by atoms with Gasteiger partial charge in [0.1, 0.15) is 6.10 Å². The Morgan fingerprint density at radius 3 is 1.58 bits per heavy atom. The Morgan fingerprint density at radius 2 is 1.09 bits per heavy atom. The number of rotatable bonds is 21. The molecule has 0 amide bonds. The monoisotopic (exact) mass is 460 g/mol. The molecule has 0 aliphatic carbocycles. The number of carbonyl (C=O) groups is 2. The van der Waals surface area contributed by atoms with Crippen LogP contribution in [0, 0.1) is 0 Å². The molecule has 0 bridgehead atoms. The van der Waals surface area contributed by atoms with Gasteiger partial charge in [-0.15, -0.1) is 0 Å². The topological polar surface area (TPSA) is 63.6 Å². The molecule has 0 saturated carbocycles. The summed E-state index contributed by atoms with van der Waals surface area (Å²) in [5.74, 6) is -1.61. The largest absolute Gasteiger partial charge is 0.478 e. The normalized spacial score (nSPS) is 11.9. The number of unbranched alkanes of at least 4 members (excludes halogenated alkanes) is 14. The number of ether oxygens (including phenoxy) is 1. The third-order valence-corrected chi connectivity index (χ3v) is 6.41. The first-order chi connectivity index (χ1) is 16.1. The van der Waals surface area contributed by atoms with E-state index in [1.807, 2.05) is 0 Å². The first-order valence-electron chi connectivity index (χ1n) is 13.6. The number of hydrogen-bond donors (Lipinski definition) is 1. The van der Waals surface area contributed by atoms with Gasteiger partial charge in [0.05, 0.1) is 11.1 Å². The zero-order chi connectivity index (χ0) is 24.2. The van der Waals surface area contributed by atoms with E-state index in [-0.39, 0.29) is 17.2 Å². The number of aromatic carboxylic acids is 1. The second kappa shape index (κ2) is 19.6. The van der Waals surface area contributed by atoms with Crippen molar-refractivity contribution in [3.8, 4) is 0 Å². The van der Waals surface area contributed by atoms with Gasteiger partial charge < -0.3 is 9.84 Å². The predicted octanol–water partition coefficient (Wildman–Crippen LogP) is 8.97. The summed E-state index contributed by atoms with van der Waals surface area (Å²) in [7, 11) is 0. The number of carbonyl (C=O) groups excluding carboxylic acids is 1. The van der Waals surface area contributed by atoms with E-state index in [0.717, 1.165) is 32.1 Å². The molecule has 1 aromatic rings. The summed E-state index contributed by atoms with van der Waals surface area (Å²) in [5.41, 5.74) is 0.153. The molecular formula is C29H48O4. The quantitative estimate of drug-likeness (QED) is 0.147. The van der Waals surface area contributed by atoms with Crippen molar-refractivity contribution in [2.75, 3.05) is 0 Å². The van der Waals surface area contributed by atoms with Crippen molar-refractivity contribution in [3.63, 3.8) is 0 Å². The van der Waals surface area contributed by atoms with Gasteiger partial charge in [0.25, 0.3) is 0 Å². The van der Waals surface area contributed by atoms with E-state index in [1.165, 1.54) is 95.6 Å². The Balaban J connectivity index is 2.19. The van der Waals surface area contributed by atoms with Crippen molar-refractivity contribution in [2.45, 2.75) is 136 Å². The Labute approximate surface area is 202 Å². The van der Waals surface area contributed by atoms with Gasteiger partial charge in [-0.25, -0.2) is 9.59 Å². The molecule has 4 nitrogen and oxygen atoms in total. The van der Waals surface area contributed by atoms with Gasteiger partial charge in [0.15, 0.2) is 0 Å². The van der Waals surface area contributed by atoms with Crippen LogP contribution in [0.2, 0.25) is 0 Å². The van der Waals surface area contributed by atoms with Crippen LogP contribution >= 0.6 is 0 Å². The molecule has 0 aliphatic heterocycles. The SMILES string of the molecule is CCCCCCCCCCCCCCCCC(CCCC)OC(=O)c1ccccc1C(=O)O. The average molecular weight is 461 g/mol. The summed E-state index contributed by atoms with van der Waals surface area (Å²) in [5, 5.41) is 9.33. The van der Waals surface area contributed by atoms with Crippen LogP contribution in [0.4, 0.5) is 0 Å². The lowest BCUT2D eigenvalue weighted by Crippen LogP contribution is -2.20. The zero-order valence-corrected chi connectivity index (χ0v) is 21.3. The molecule has 1 N–H and O–H groups in total. The van der Waals surface area contributed by atoms with Crippen molar-refractivity contribution in [1.82, 2.24) is 0 Å². The van der Waals surface area contributed by atoms with Crippen LogP contribution in [0.3, 0.4) is 0 Å². The molecule has 0 spiro atoms. The highest BCUT2D eigenvalue weighted by molar-refractivity contribution is 6.02. The highest BCUT2D eigenvalue weighted by atomic mass is 16.5. The van der Waals surface area contributed by atoms with Crippen molar-refractivity contribution < 1.29 is 19.4 Å². The molecule has 4 heteroatoms. The van der Waals surface area contributed by atoms with E-state index < -0.39 is 11.9 Å². The van der Waals surface area contributed by atoms with Gasteiger partial charge in [-0.05, 0) is 31.4 Å². The molecule has 0 aromatic heterocycles. The summed E-state index contributed by atoms with van der Waals surface area (Å²) in [4.78, 5) is 24.0. The van der Waals surface area contributed by atoms with Crippen LogP contribution in [0.5, 0.6) is 0 Å². The van der Waals surface area contributed by atoms with Crippen LogP contribution in [0.15, 0.2) is 24.3 Å². The molecule has 0 radical (unpaired) electrons. The fourth-order valence-electron chi connectivity index (χ4n) is 4.32. The molecule has 0 fully saturated rings. The molecule has 188 valence electrons. The standard InChI is InChI=1S/C29H48O4/c1-3-5-7-8-9-10-11-12-13-14-15-16-17-18-22-25(21-6-4-2)33-29(32)27-24-20-19-23-26(27)28(30)31/h19-20,23-25H,3-18,21-22H2,1-2H3,(H,30,31). The Morgan fingerprint density at radius 1 is 0.667 bits per heavy atom. The van der Waals surface area contributed by atoms with Gasteiger partial charge in [0, 0.05) is 0 Å². The third-order valence-electron chi connectivity index (χ3n) is 6.41. The van der Waals surface area contributed by atoms with Gasteiger partial charge in [-0.1, -0.05) is 122 Å². The summed E-state index contributed by atoms with van der Waals surface area (Å²) < 4.78 is 5.74. The third kappa shape index (κ3) is 14.1. The number of hydrogen-bond acceptors (Lipinski definition) is 3. The molecule has 0 heterocycles. The summed E-state index contributed by atoms with van der Waals surface area (Å²) in [6.45, 7) is 4.40. The van der Waals surface area contributed by atoms with Crippen molar-refractivity contribution in [1.29, 1.82) is 0 Å². The van der Waals surface area contributed by atoms with Crippen molar-refractivity contribution in [2.24, 2.45) is 0 Å². The minimum Gasteiger partial charge on any atom is -0.478 e. The molecule has 1 unspecified atom stereocenters. The molecule has 1 rings (SSSR count). The molecule has 33 heavy (non-hydrogen) atoms. The molecular weight excluding hydrogens is 412 g/mol. The lowest BCUT2D eigenvalue weighted by molar-refractivity contribution is 0.0245. The lowest BCUT2D eigenvalue weighted by atomic mass is 10.0. The molecule has 1 atom stereocenters. The first kappa shape index (κ1) is 29.2. The Kier molecular flexibility index (Phi) is 17.4. The minimum atomic E-state index is -1.10. The van der Waals surface area contributed by atoms with Crippen LogP contribution in [-0.2, 0) is 4.74 Å². The molecule has 0 aliphatic rings. The first-order valence-corrected chi connectivity index (χ1v) is 13.6. The minimum absolute atomic E-state index is 0.00762. The van der Waals surface area contributed by atoms with E-state index in [9.17, 15) is 14.7 Å². The zero-order valence-electron chi connectivity index (χ0n) is 21.3. The number of carboxylic acid groups (broad SMARTS) is 1. The van der Waals surface area contributed by atoms with Crippen LogP contribution in [-0.4, -0.2) is 23.1 Å². The number of esters is 1. The summed E-state index contributed by atoms with van der Waals surface area (Å²) >= 11 is 0. The number of carboxylic acids is 1.